The highest BCUT2D eigenvalue weighted by atomic mass is 35.5. The van der Waals surface area contributed by atoms with Gasteiger partial charge < -0.3 is 5.32 Å². The molecule has 0 fully saturated rings. The van der Waals surface area contributed by atoms with Crippen LogP contribution in [0.15, 0.2) is 47.6 Å². The first-order valence-electron chi connectivity index (χ1n) is 6.94. The van der Waals surface area contributed by atoms with Crippen molar-refractivity contribution in [2.75, 3.05) is 5.32 Å². The molecule has 2 N–H and O–H groups in total. The normalized spacial score (nSPS) is 11.4. The van der Waals surface area contributed by atoms with Gasteiger partial charge in [-0.3, -0.25) is 9.59 Å². The predicted octanol–water partition coefficient (Wildman–Crippen LogP) is 4.10. The molecular weight excluding hydrogens is 394 g/mol. The molecule has 2 aromatic rings. The van der Waals surface area contributed by atoms with Crippen molar-refractivity contribution in [2.45, 2.75) is 6.18 Å². The zero-order chi connectivity index (χ0) is 19.3. The van der Waals surface area contributed by atoms with Crippen LogP contribution in [0, 0.1) is 0 Å². The molecular formula is C16H10Cl2F3N3O2. The molecule has 0 saturated heterocycles. The maximum absolute atomic E-state index is 12.6. The number of nitrogens with zero attached hydrogens (tertiary/aromatic N) is 1. The molecule has 2 amide bonds. The van der Waals surface area contributed by atoms with Crippen LogP contribution in [-0.4, -0.2) is 18.0 Å². The molecule has 0 heterocycles. The first-order chi connectivity index (χ1) is 12.2. The number of nitrogens with one attached hydrogen (secondary N) is 2. The number of benzene rings is 2. The number of carbonyl (C=O) groups excluding carboxylic acids is 2. The molecule has 0 spiro atoms. The van der Waals surface area contributed by atoms with Crippen LogP contribution in [0.1, 0.15) is 11.1 Å². The zero-order valence-corrected chi connectivity index (χ0v) is 14.3. The fourth-order valence-electron chi connectivity index (χ4n) is 1.80. The Morgan fingerprint density at radius 1 is 1.00 bits per heavy atom. The lowest BCUT2D eigenvalue weighted by Gasteiger charge is -2.09. The number of amides is 2. The second kappa shape index (κ2) is 8.20. The van der Waals surface area contributed by atoms with Gasteiger partial charge in [0.05, 0.1) is 21.8 Å². The second-order valence-corrected chi connectivity index (χ2v) is 5.68. The Morgan fingerprint density at radius 2 is 1.62 bits per heavy atom. The zero-order valence-electron chi connectivity index (χ0n) is 12.8. The van der Waals surface area contributed by atoms with Crippen LogP contribution in [-0.2, 0) is 15.8 Å². The summed E-state index contributed by atoms with van der Waals surface area (Å²) in [6, 6.07) is 8.59. The van der Waals surface area contributed by atoms with Gasteiger partial charge in [-0.1, -0.05) is 35.3 Å². The maximum Gasteiger partial charge on any atom is 0.416 e. The fraction of sp³-hybridized carbons (Fsp3) is 0.0625. The highest BCUT2D eigenvalue weighted by Crippen LogP contribution is 2.30. The van der Waals surface area contributed by atoms with Crippen molar-refractivity contribution < 1.29 is 22.8 Å². The van der Waals surface area contributed by atoms with E-state index in [4.69, 9.17) is 23.2 Å². The molecule has 0 aliphatic rings. The summed E-state index contributed by atoms with van der Waals surface area (Å²) in [6.07, 6.45) is -3.43. The summed E-state index contributed by atoms with van der Waals surface area (Å²) in [6.45, 7) is 0. The van der Waals surface area contributed by atoms with Gasteiger partial charge in [0.25, 0.3) is 0 Å². The Kier molecular flexibility index (Phi) is 6.23. The summed E-state index contributed by atoms with van der Waals surface area (Å²) in [5, 5.41) is 6.16. The number of hydrogen-bond donors (Lipinski definition) is 2. The van der Waals surface area contributed by atoms with Gasteiger partial charge in [0.1, 0.15) is 0 Å². The van der Waals surface area contributed by atoms with Crippen molar-refractivity contribution in [3.05, 3.63) is 63.6 Å². The summed E-state index contributed by atoms with van der Waals surface area (Å²) in [4.78, 5) is 23.4. The van der Waals surface area contributed by atoms with Gasteiger partial charge in [0, 0.05) is 11.3 Å². The molecule has 0 aromatic heterocycles. The summed E-state index contributed by atoms with van der Waals surface area (Å²) in [5.74, 6) is -2.37. The molecule has 0 aliphatic heterocycles. The smallest absolute Gasteiger partial charge is 0.318 e. The molecule has 2 rings (SSSR count). The minimum atomic E-state index is -4.57. The number of alkyl halides is 3. The van der Waals surface area contributed by atoms with Crippen molar-refractivity contribution in [3.8, 4) is 0 Å². The van der Waals surface area contributed by atoms with Crippen LogP contribution in [0.25, 0.3) is 0 Å². The topological polar surface area (TPSA) is 70.6 Å². The number of hydrazone groups is 1. The van der Waals surface area contributed by atoms with E-state index in [2.05, 4.69) is 5.10 Å². The lowest BCUT2D eigenvalue weighted by atomic mass is 10.2. The molecule has 0 bridgehead atoms. The quantitative estimate of drug-likeness (QED) is 0.460. The van der Waals surface area contributed by atoms with E-state index in [9.17, 15) is 22.8 Å². The Labute approximate surface area is 155 Å². The molecule has 26 heavy (non-hydrogen) atoms. The standard InChI is InChI=1S/C16H10Cl2F3N3O2/c17-12-5-2-6-13(18)11(12)8-22-24-15(26)14(25)23-10-4-1-3-9(7-10)16(19,20)21/h1-8H,(H,23,25)(H,24,26)/b22-8-. The van der Waals surface area contributed by atoms with Gasteiger partial charge in [-0.25, -0.2) is 5.43 Å². The molecule has 0 unspecified atom stereocenters. The Balaban J connectivity index is 2.00. The van der Waals surface area contributed by atoms with Crippen LogP contribution in [0.4, 0.5) is 18.9 Å². The average Bonchev–Trinajstić information content (AvgIpc) is 2.56. The van der Waals surface area contributed by atoms with E-state index in [1.807, 2.05) is 10.7 Å². The summed E-state index contributed by atoms with van der Waals surface area (Å²) >= 11 is 11.8. The first kappa shape index (κ1) is 19.7. The van der Waals surface area contributed by atoms with Gasteiger partial charge in [-0.05, 0) is 30.3 Å². The number of rotatable bonds is 3. The van der Waals surface area contributed by atoms with Gasteiger partial charge >= 0.3 is 18.0 Å². The minimum Gasteiger partial charge on any atom is -0.318 e. The SMILES string of the molecule is O=C(N/N=C\c1c(Cl)cccc1Cl)C(=O)Nc1cccc(C(F)(F)F)c1. The predicted molar refractivity (Wildman–Crippen MR) is 92.3 cm³/mol. The van der Waals surface area contributed by atoms with E-state index in [1.54, 1.807) is 18.2 Å². The average molecular weight is 404 g/mol. The molecule has 5 nitrogen and oxygen atoms in total. The van der Waals surface area contributed by atoms with E-state index >= 15 is 0 Å². The summed E-state index contributed by atoms with van der Waals surface area (Å²) in [5.41, 5.74) is 1.12. The second-order valence-electron chi connectivity index (χ2n) is 4.87. The number of anilines is 1. The number of halogens is 5. The Morgan fingerprint density at radius 3 is 2.23 bits per heavy atom. The van der Waals surface area contributed by atoms with Crippen molar-refractivity contribution in [1.82, 2.24) is 5.43 Å². The maximum atomic E-state index is 12.6. The van der Waals surface area contributed by atoms with Gasteiger partial charge in [0.2, 0.25) is 0 Å². The van der Waals surface area contributed by atoms with Crippen molar-refractivity contribution >= 4 is 46.9 Å². The molecule has 10 heteroatoms. The number of hydrogen-bond acceptors (Lipinski definition) is 3. The van der Waals surface area contributed by atoms with E-state index in [-0.39, 0.29) is 15.7 Å². The van der Waals surface area contributed by atoms with Crippen molar-refractivity contribution in [3.63, 3.8) is 0 Å². The largest absolute Gasteiger partial charge is 0.416 e. The van der Waals surface area contributed by atoms with Gasteiger partial charge in [-0.15, -0.1) is 0 Å². The third-order valence-corrected chi connectivity index (χ3v) is 3.67. The third-order valence-electron chi connectivity index (χ3n) is 3.01. The van der Waals surface area contributed by atoms with Crippen LogP contribution >= 0.6 is 23.2 Å². The highest BCUT2D eigenvalue weighted by molar-refractivity contribution is 6.40. The van der Waals surface area contributed by atoms with Gasteiger partial charge in [0.15, 0.2) is 0 Å². The molecule has 0 saturated carbocycles. The van der Waals surface area contributed by atoms with E-state index < -0.39 is 23.6 Å². The number of carbonyl (C=O) groups is 2. The monoisotopic (exact) mass is 403 g/mol. The van der Waals surface area contributed by atoms with E-state index in [0.29, 0.717) is 11.6 Å². The minimum absolute atomic E-state index is 0.182. The van der Waals surface area contributed by atoms with E-state index in [0.717, 1.165) is 18.3 Å². The molecule has 0 radical (unpaired) electrons. The molecule has 0 aliphatic carbocycles. The lowest BCUT2D eigenvalue weighted by molar-refractivity contribution is -0.137. The summed E-state index contributed by atoms with van der Waals surface area (Å²) < 4.78 is 37.9. The lowest BCUT2D eigenvalue weighted by Crippen LogP contribution is -2.32. The molecule has 0 atom stereocenters. The van der Waals surface area contributed by atoms with Crippen LogP contribution in [0.2, 0.25) is 10.0 Å². The van der Waals surface area contributed by atoms with E-state index in [1.165, 1.54) is 6.07 Å². The Hall–Kier alpha value is -2.58. The Bertz CT molecular complexity index is 850. The fourth-order valence-corrected chi connectivity index (χ4v) is 2.30. The molecule has 2 aromatic carbocycles. The van der Waals surface area contributed by atoms with Crippen LogP contribution < -0.4 is 10.7 Å². The molecule has 136 valence electrons. The van der Waals surface area contributed by atoms with Crippen molar-refractivity contribution in [2.24, 2.45) is 5.10 Å². The van der Waals surface area contributed by atoms with Crippen LogP contribution in [0.3, 0.4) is 0 Å². The summed E-state index contributed by atoms with van der Waals surface area (Å²) in [7, 11) is 0. The van der Waals surface area contributed by atoms with Crippen LogP contribution in [0.5, 0.6) is 0 Å². The first-order valence-corrected chi connectivity index (χ1v) is 7.69. The van der Waals surface area contributed by atoms with Gasteiger partial charge in [-0.2, -0.15) is 18.3 Å². The highest BCUT2D eigenvalue weighted by Gasteiger charge is 2.30. The third kappa shape index (κ3) is 5.21. The van der Waals surface area contributed by atoms with Crippen molar-refractivity contribution in [1.29, 1.82) is 0 Å².